The van der Waals surface area contributed by atoms with Crippen LogP contribution in [0.3, 0.4) is 0 Å². The standard InChI is InChI=1S/C14H14FNOS/c1-10-4-5-13(15)12(9-10)14(17)16-7-6-11-3-2-8-18-11/h2-5,8-9H,6-7H2,1H3,(H,16,17). The third kappa shape index (κ3) is 3.17. The van der Waals surface area contributed by atoms with E-state index in [1.54, 1.807) is 23.5 Å². The highest BCUT2D eigenvalue weighted by Gasteiger charge is 2.11. The van der Waals surface area contributed by atoms with E-state index in [2.05, 4.69) is 5.32 Å². The molecule has 0 aliphatic carbocycles. The van der Waals surface area contributed by atoms with Crippen LogP contribution in [0.1, 0.15) is 20.8 Å². The van der Waals surface area contributed by atoms with Gasteiger partial charge in [-0.1, -0.05) is 17.7 Å². The molecule has 0 radical (unpaired) electrons. The zero-order valence-corrected chi connectivity index (χ0v) is 10.9. The van der Waals surface area contributed by atoms with Gasteiger partial charge in [0.1, 0.15) is 5.82 Å². The zero-order chi connectivity index (χ0) is 13.0. The van der Waals surface area contributed by atoms with Crippen molar-refractivity contribution in [1.29, 1.82) is 0 Å². The average Bonchev–Trinajstić information content (AvgIpc) is 2.85. The van der Waals surface area contributed by atoms with Crippen molar-refractivity contribution in [2.75, 3.05) is 6.54 Å². The van der Waals surface area contributed by atoms with Gasteiger partial charge < -0.3 is 5.32 Å². The molecule has 94 valence electrons. The first-order chi connectivity index (χ1) is 8.66. The maximum atomic E-state index is 13.5. The minimum Gasteiger partial charge on any atom is -0.352 e. The number of amides is 1. The van der Waals surface area contributed by atoms with Crippen LogP contribution in [0.2, 0.25) is 0 Å². The topological polar surface area (TPSA) is 29.1 Å². The SMILES string of the molecule is Cc1ccc(F)c(C(=O)NCCc2cccs2)c1. The summed E-state index contributed by atoms with van der Waals surface area (Å²) in [5.41, 5.74) is 0.987. The van der Waals surface area contributed by atoms with Crippen molar-refractivity contribution < 1.29 is 9.18 Å². The lowest BCUT2D eigenvalue weighted by Crippen LogP contribution is -2.26. The summed E-state index contributed by atoms with van der Waals surface area (Å²) in [6, 6.07) is 8.53. The van der Waals surface area contributed by atoms with E-state index in [0.29, 0.717) is 6.54 Å². The molecule has 0 aliphatic rings. The molecule has 2 nitrogen and oxygen atoms in total. The zero-order valence-electron chi connectivity index (χ0n) is 10.1. The second-order valence-electron chi connectivity index (χ2n) is 4.07. The first-order valence-electron chi connectivity index (χ1n) is 5.73. The van der Waals surface area contributed by atoms with Crippen LogP contribution in [-0.2, 0) is 6.42 Å². The molecule has 0 aliphatic heterocycles. The van der Waals surface area contributed by atoms with Gasteiger partial charge in [-0.25, -0.2) is 4.39 Å². The Hall–Kier alpha value is -1.68. The third-order valence-corrected chi connectivity index (χ3v) is 3.54. The maximum Gasteiger partial charge on any atom is 0.254 e. The summed E-state index contributed by atoms with van der Waals surface area (Å²) in [6.45, 7) is 2.36. The molecular formula is C14H14FNOS. The fourth-order valence-electron chi connectivity index (χ4n) is 1.66. The van der Waals surface area contributed by atoms with Crippen molar-refractivity contribution in [3.05, 3.63) is 57.5 Å². The van der Waals surface area contributed by atoms with E-state index >= 15 is 0 Å². The Morgan fingerprint density at radius 3 is 2.94 bits per heavy atom. The van der Waals surface area contributed by atoms with Gasteiger partial charge in [-0.3, -0.25) is 4.79 Å². The number of carbonyl (C=O) groups excluding carboxylic acids is 1. The van der Waals surface area contributed by atoms with E-state index in [-0.39, 0.29) is 11.5 Å². The number of benzene rings is 1. The monoisotopic (exact) mass is 263 g/mol. The lowest BCUT2D eigenvalue weighted by Gasteiger charge is -2.06. The predicted octanol–water partition coefficient (Wildman–Crippen LogP) is 3.17. The van der Waals surface area contributed by atoms with Gasteiger partial charge in [-0.15, -0.1) is 11.3 Å². The predicted molar refractivity (Wildman–Crippen MR) is 71.5 cm³/mol. The highest BCUT2D eigenvalue weighted by atomic mass is 32.1. The molecule has 0 unspecified atom stereocenters. The molecule has 18 heavy (non-hydrogen) atoms. The van der Waals surface area contributed by atoms with Crippen LogP contribution >= 0.6 is 11.3 Å². The average molecular weight is 263 g/mol. The van der Waals surface area contributed by atoms with Gasteiger partial charge in [0, 0.05) is 11.4 Å². The van der Waals surface area contributed by atoms with Crippen LogP contribution in [0.15, 0.2) is 35.7 Å². The van der Waals surface area contributed by atoms with Crippen molar-refractivity contribution in [1.82, 2.24) is 5.32 Å². The van der Waals surface area contributed by atoms with Crippen molar-refractivity contribution in [3.8, 4) is 0 Å². The molecule has 0 bridgehead atoms. The van der Waals surface area contributed by atoms with Gasteiger partial charge in [0.2, 0.25) is 0 Å². The molecule has 1 aromatic heterocycles. The van der Waals surface area contributed by atoms with E-state index in [1.807, 2.05) is 24.4 Å². The van der Waals surface area contributed by atoms with Gasteiger partial charge in [0.15, 0.2) is 0 Å². The largest absolute Gasteiger partial charge is 0.352 e. The number of hydrogen-bond donors (Lipinski definition) is 1. The van der Waals surface area contributed by atoms with E-state index in [1.165, 1.54) is 10.9 Å². The Balaban J connectivity index is 1.93. The summed E-state index contributed by atoms with van der Waals surface area (Å²) < 4.78 is 13.5. The second-order valence-corrected chi connectivity index (χ2v) is 5.10. The normalized spacial score (nSPS) is 10.3. The van der Waals surface area contributed by atoms with Crippen LogP contribution in [0.4, 0.5) is 4.39 Å². The highest BCUT2D eigenvalue weighted by Crippen LogP contribution is 2.11. The molecule has 2 rings (SSSR count). The van der Waals surface area contributed by atoms with Crippen molar-refractivity contribution in [2.45, 2.75) is 13.3 Å². The molecule has 0 atom stereocenters. The first kappa shape index (κ1) is 12.8. The first-order valence-corrected chi connectivity index (χ1v) is 6.61. The van der Waals surface area contributed by atoms with E-state index < -0.39 is 5.82 Å². The van der Waals surface area contributed by atoms with Crippen LogP contribution in [0.5, 0.6) is 0 Å². The quantitative estimate of drug-likeness (QED) is 0.902. The second kappa shape index (κ2) is 5.78. The summed E-state index contributed by atoms with van der Waals surface area (Å²) in [6.07, 6.45) is 0.775. The summed E-state index contributed by atoms with van der Waals surface area (Å²) >= 11 is 1.65. The van der Waals surface area contributed by atoms with Crippen molar-refractivity contribution in [2.24, 2.45) is 0 Å². The van der Waals surface area contributed by atoms with Crippen LogP contribution in [0, 0.1) is 12.7 Å². The molecule has 1 amide bonds. The Morgan fingerprint density at radius 1 is 1.39 bits per heavy atom. The maximum absolute atomic E-state index is 13.5. The van der Waals surface area contributed by atoms with Gasteiger partial charge in [-0.05, 0) is 36.9 Å². The smallest absolute Gasteiger partial charge is 0.254 e. The van der Waals surface area contributed by atoms with Gasteiger partial charge in [0.25, 0.3) is 5.91 Å². The minimum atomic E-state index is -0.478. The molecular weight excluding hydrogens is 249 g/mol. The summed E-state index contributed by atoms with van der Waals surface area (Å²) in [7, 11) is 0. The van der Waals surface area contributed by atoms with Crippen LogP contribution in [0.25, 0.3) is 0 Å². The number of carbonyl (C=O) groups is 1. The fourth-order valence-corrected chi connectivity index (χ4v) is 2.37. The molecule has 1 heterocycles. The number of aryl methyl sites for hydroxylation is 1. The molecule has 2 aromatic rings. The molecule has 1 N–H and O–H groups in total. The summed E-state index contributed by atoms with van der Waals surface area (Å²) in [5, 5.41) is 4.73. The van der Waals surface area contributed by atoms with Gasteiger partial charge >= 0.3 is 0 Å². The Labute approximate surface area is 109 Å². The van der Waals surface area contributed by atoms with Crippen LogP contribution in [-0.4, -0.2) is 12.5 Å². The number of nitrogens with one attached hydrogen (secondary N) is 1. The van der Waals surface area contributed by atoms with E-state index in [9.17, 15) is 9.18 Å². The number of hydrogen-bond acceptors (Lipinski definition) is 2. The molecule has 0 saturated carbocycles. The lowest BCUT2D eigenvalue weighted by atomic mass is 10.1. The fraction of sp³-hybridized carbons (Fsp3) is 0.214. The number of thiophene rings is 1. The molecule has 4 heteroatoms. The Kier molecular flexibility index (Phi) is 4.10. The highest BCUT2D eigenvalue weighted by molar-refractivity contribution is 7.09. The molecule has 0 spiro atoms. The third-order valence-electron chi connectivity index (χ3n) is 2.60. The van der Waals surface area contributed by atoms with Crippen molar-refractivity contribution in [3.63, 3.8) is 0 Å². The van der Waals surface area contributed by atoms with E-state index in [4.69, 9.17) is 0 Å². The van der Waals surface area contributed by atoms with Crippen molar-refractivity contribution >= 4 is 17.2 Å². The lowest BCUT2D eigenvalue weighted by molar-refractivity contribution is 0.0950. The molecule has 0 fully saturated rings. The molecule has 1 aromatic carbocycles. The van der Waals surface area contributed by atoms with Gasteiger partial charge in [-0.2, -0.15) is 0 Å². The summed E-state index contributed by atoms with van der Waals surface area (Å²) in [5.74, 6) is -0.832. The number of halogens is 1. The van der Waals surface area contributed by atoms with Crippen LogP contribution < -0.4 is 5.32 Å². The van der Waals surface area contributed by atoms with Gasteiger partial charge in [0.05, 0.1) is 5.56 Å². The summed E-state index contributed by atoms with van der Waals surface area (Å²) in [4.78, 5) is 13.0. The van der Waals surface area contributed by atoms with E-state index in [0.717, 1.165) is 12.0 Å². The minimum absolute atomic E-state index is 0.112. The molecule has 0 saturated heterocycles. The Morgan fingerprint density at radius 2 is 2.22 bits per heavy atom. The Bertz CT molecular complexity index is 537. The number of rotatable bonds is 4.